The van der Waals surface area contributed by atoms with Crippen LogP contribution < -0.4 is 21.9 Å². The summed E-state index contributed by atoms with van der Waals surface area (Å²) in [7, 11) is -1.30. The Balaban J connectivity index is 0.000000227. The van der Waals surface area contributed by atoms with Crippen molar-refractivity contribution in [1.29, 1.82) is 0 Å². The van der Waals surface area contributed by atoms with Crippen molar-refractivity contribution in [3.05, 3.63) is 150 Å². The summed E-state index contributed by atoms with van der Waals surface area (Å²) in [6, 6.07) is 43.5. The molecule has 2 aliphatic carbocycles. The third-order valence-corrected chi connectivity index (χ3v) is 10.8. The van der Waals surface area contributed by atoms with E-state index in [2.05, 4.69) is 164 Å². The quantitative estimate of drug-likeness (QED) is 0.127. The van der Waals surface area contributed by atoms with Crippen molar-refractivity contribution in [2.24, 2.45) is 0 Å². The summed E-state index contributed by atoms with van der Waals surface area (Å²) in [6.45, 7) is 12.9. The van der Waals surface area contributed by atoms with Crippen LogP contribution in [0.4, 0.5) is 0 Å². The van der Waals surface area contributed by atoms with Gasteiger partial charge in [-0.1, -0.05) is 218 Å². The second-order valence-corrected chi connectivity index (χ2v) is 19.7. The fraction of sp³-hybridized carbons (Fsp3) is 0.348. The van der Waals surface area contributed by atoms with E-state index in [9.17, 15) is 0 Å². The van der Waals surface area contributed by atoms with E-state index in [1.807, 2.05) is 13.8 Å². The van der Waals surface area contributed by atoms with Gasteiger partial charge in [0.1, 0.15) is 6.15 Å². The predicted octanol–water partition coefficient (Wildman–Crippen LogP) is 10.1. The molecule has 0 spiro atoms. The molecule has 4 aromatic carbocycles. The van der Waals surface area contributed by atoms with E-state index < -0.39 is 14.2 Å². The topological polar surface area (TPSA) is 25.8 Å². The zero-order chi connectivity index (χ0) is 35.7. The molecule has 5 aromatic rings. The van der Waals surface area contributed by atoms with Crippen molar-refractivity contribution in [2.75, 3.05) is 0 Å². The minimum Gasteiger partial charge on any atom is -0.345 e. The van der Waals surface area contributed by atoms with Crippen LogP contribution in [0.15, 0.2) is 128 Å². The van der Waals surface area contributed by atoms with Gasteiger partial charge in [-0.2, -0.15) is 21.9 Å². The molecule has 7 rings (SSSR count). The summed E-state index contributed by atoms with van der Waals surface area (Å²) < 4.78 is 0. The molecule has 0 saturated heterocycles. The van der Waals surface area contributed by atoms with E-state index in [4.69, 9.17) is 0 Å². The van der Waals surface area contributed by atoms with Crippen LogP contribution in [0.25, 0.3) is 5.57 Å². The largest absolute Gasteiger partial charge is 2.00 e. The first-order valence-electron chi connectivity index (χ1n) is 19.0. The maximum Gasteiger partial charge on any atom is 2.00 e. The standard InChI is InChI=1S/C24H20B.C12H19N2Si.2C5H10.Zr/c1-5-13-21(14-6-1)25(22-15-7-2-8-16-22,23-17-9-3-10-18-23)24-19-11-4-12-20-24;1-9(8-15(4,5)6)12-11(3)13-7-10(2)14-12;2*1-2-4-5-3-1;/h1-20H;7H,1-6H3;2*1-5H2;/q2*-1;;;+2. The molecule has 2 fully saturated rings. The van der Waals surface area contributed by atoms with Gasteiger partial charge in [0.05, 0.1) is 0 Å². The third-order valence-electron chi connectivity index (χ3n) is 9.69. The van der Waals surface area contributed by atoms with E-state index >= 15 is 0 Å². The van der Waals surface area contributed by atoms with E-state index in [1.54, 1.807) is 6.20 Å². The van der Waals surface area contributed by atoms with E-state index in [1.165, 1.54) is 86.1 Å². The Hall–Kier alpha value is -3.14. The summed E-state index contributed by atoms with van der Waals surface area (Å²) in [5, 5.41) is 0. The van der Waals surface area contributed by atoms with Crippen molar-refractivity contribution in [3.63, 3.8) is 0 Å². The van der Waals surface area contributed by atoms with Gasteiger partial charge in [0.2, 0.25) is 0 Å². The molecule has 0 radical (unpaired) electrons. The Kier molecular flexibility index (Phi) is 18.3. The summed E-state index contributed by atoms with van der Waals surface area (Å²) in [4.78, 5) is 8.84. The Morgan fingerprint density at radius 3 is 1.10 bits per heavy atom. The first-order chi connectivity index (χ1) is 24.2. The first-order valence-corrected chi connectivity index (χ1v) is 22.5. The van der Waals surface area contributed by atoms with Gasteiger partial charge in [-0.15, -0.1) is 0 Å². The van der Waals surface area contributed by atoms with Crippen LogP contribution in [-0.4, -0.2) is 24.2 Å². The van der Waals surface area contributed by atoms with Crippen molar-refractivity contribution in [1.82, 2.24) is 9.97 Å². The SMILES string of the molecule is C1CCCC1.C1CCCC1.CC(=[C-][Si](C)(C)C)c1nc(C)cnc1C.[Zr+2].c1ccc([B-](c2ccccc2)(c2ccccc2)c2ccccc2)cc1. The third kappa shape index (κ3) is 13.1. The van der Waals surface area contributed by atoms with Crippen LogP contribution in [-0.2, 0) is 26.2 Å². The molecule has 1 aromatic heterocycles. The molecule has 2 aliphatic rings. The molecule has 0 N–H and O–H groups in total. The van der Waals surface area contributed by atoms with Gasteiger partial charge >= 0.3 is 26.2 Å². The molecule has 0 bridgehead atoms. The van der Waals surface area contributed by atoms with Crippen LogP contribution >= 0.6 is 0 Å². The smallest absolute Gasteiger partial charge is 0.345 e. The average molecular weight is 770 g/mol. The summed E-state index contributed by atoms with van der Waals surface area (Å²) in [6.07, 6.45) is 15.6. The van der Waals surface area contributed by atoms with Crippen molar-refractivity contribution < 1.29 is 26.2 Å². The zero-order valence-electron chi connectivity index (χ0n) is 32.2. The molecule has 51 heavy (non-hydrogen) atoms. The summed E-state index contributed by atoms with van der Waals surface area (Å²) in [5.41, 5.74) is 13.0. The van der Waals surface area contributed by atoms with E-state index in [0.717, 1.165) is 22.7 Å². The van der Waals surface area contributed by atoms with E-state index in [-0.39, 0.29) is 26.2 Å². The van der Waals surface area contributed by atoms with Gasteiger partial charge in [0.25, 0.3) is 0 Å². The number of allylic oxidation sites excluding steroid dienone is 1. The van der Waals surface area contributed by atoms with Crippen molar-refractivity contribution >= 4 is 41.6 Å². The number of nitrogens with zero attached hydrogens (tertiary/aromatic N) is 2. The molecule has 264 valence electrons. The predicted molar refractivity (Wildman–Crippen MR) is 223 cm³/mol. The number of rotatable bonds is 6. The van der Waals surface area contributed by atoms with Gasteiger partial charge in [-0.05, 0) is 27.6 Å². The maximum absolute atomic E-state index is 4.52. The van der Waals surface area contributed by atoms with Crippen LogP contribution in [0.3, 0.4) is 0 Å². The fourth-order valence-corrected chi connectivity index (χ4v) is 8.65. The molecular formula is C46H59BN2SiZr. The normalized spacial score (nSPS) is 14.0. The van der Waals surface area contributed by atoms with Gasteiger partial charge < -0.3 is 4.98 Å². The van der Waals surface area contributed by atoms with Crippen LogP contribution in [0.5, 0.6) is 0 Å². The summed E-state index contributed by atoms with van der Waals surface area (Å²) in [5.74, 6) is 0. The monoisotopic (exact) mass is 768 g/mol. The fourth-order valence-electron chi connectivity index (χ4n) is 7.40. The van der Waals surface area contributed by atoms with E-state index in [0.29, 0.717) is 0 Å². The molecule has 2 nitrogen and oxygen atoms in total. The second-order valence-electron chi connectivity index (χ2n) is 15.0. The Morgan fingerprint density at radius 2 is 0.824 bits per heavy atom. The number of benzene rings is 4. The first kappa shape index (κ1) is 42.3. The molecule has 0 aliphatic heterocycles. The maximum atomic E-state index is 4.52. The number of aromatic nitrogens is 2. The van der Waals surface area contributed by atoms with Crippen LogP contribution in [0.2, 0.25) is 19.6 Å². The zero-order valence-corrected chi connectivity index (χ0v) is 35.6. The van der Waals surface area contributed by atoms with Gasteiger partial charge in [-0.25, -0.2) is 5.57 Å². The van der Waals surface area contributed by atoms with Crippen molar-refractivity contribution in [2.45, 2.75) is 105 Å². The minimum atomic E-state index is -1.30. The van der Waals surface area contributed by atoms with Gasteiger partial charge in [0, 0.05) is 11.9 Å². The van der Waals surface area contributed by atoms with Crippen LogP contribution in [0.1, 0.15) is 88.2 Å². The molecule has 0 atom stereocenters. The molecule has 0 unspecified atom stereocenters. The summed E-state index contributed by atoms with van der Waals surface area (Å²) >= 11 is 0. The molecule has 1 heterocycles. The average Bonchev–Trinajstić information content (AvgIpc) is 3.92. The second kappa shape index (κ2) is 22.1. The minimum absolute atomic E-state index is 0. The molecular weight excluding hydrogens is 711 g/mol. The van der Waals surface area contributed by atoms with Crippen LogP contribution in [0, 0.1) is 19.5 Å². The Morgan fingerprint density at radius 1 is 0.529 bits per heavy atom. The number of hydrogen-bond acceptors (Lipinski definition) is 2. The number of hydrogen-bond donors (Lipinski definition) is 0. The van der Waals surface area contributed by atoms with Gasteiger partial charge in [-0.3, -0.25) is 10.7 Å². The Labute approximate surface area is 330 Å². The molecule has 2 saturated carbocycles. The molecule has 5 heteroatoms. The Bertz CT molecular complexity index is 1510. The van der Waals surface area contributed by atoms with Crippen molar-refractivity contribution in [3.8, 4) is 0 Å². The molecule has 0 amide bonds. The van der Waals surface area contributed by atoms with Gasteiger partial charge in [0.15, 0.2) is 0 Å². The number of aryl methyl sites for hydroxylation is 2.